The van der Waals surface area contributed by atoms with Crippen molar-refractivity contribution >= 4 is 31.9 Å². The van der Waals surface area contributed by atoms with Crippen LogP contribution in [0, 0.1) is 5.92 Å². The normalized spacial score (nSPS) is 25.2. The van der Waals surface area contributed by atoms with E-state index in [1.165, 1.54) is 20.9 Å². The van der Waals surface area contributed by atoms with Gasteiger partial charge in [0.15, 0.2) is 5.03 Å². The molecule has 14 heteroatoms. The molecule has 0 bridgehead atoms. The Balaban J connectivity index is 1.58. The number of carbonyl (C=O) groups excluding carboxylic acids is 2. The second kappa shape index (κ2) is 10.7. The van der Waals surface area contributed by atoms with Gasteiger partial charge in [0.2, 0.25) is 21.8 Å². The number of hydrogen-bond donors (Lipinski definition) is 1. The highest BCUT2D eigenvalue weighted by atomic mass is 32.2. The summed E-state index contributed by atoms with van der Waals surface area (Å²) in [6.07, 6.45) is 4.94. The third-order valence-corrected chi connectivity index (χ3v) is 10.2. The topological polar surface area (TPSA) is 154 Å². The maximum atomic E-state index is 13.6. The molecule has 200 valence electrons. The van der Waals surface area contributed by atoms with Crippen LogP contribution in [0.15, 0.2) is 23.4 Å². The lowest BCUT2D eigenvalue weighted by molar-refractivity contribution is -0.143. The summed E-state index contributed by atoms with van der Waals surface area (Å²) in [6, 6.07) is 2.66. The van der Waals surface area contributed by atoms with Crippen molar-refractivity contribution in [2.75, 3.05) is 52.1 Å². The quantitative estimate of drug-likeness (QED) is 0.482. The fraction of sp³-hybridized carbons (Fsp3) is 0.682. The van der Waals surface area contributed by atoms with Gasteiger partial charge in [-0.15, -0.1) is 0 Å². The number of piperazine rings is 1. The highest BCUT2D eigenvalue weighted by molar-refractivity contribution is 7.89. The van der Waals surface area contributed by atoms with Gasteiger partial charge in [0.25, 0.3) is 10.0 Å². The van der Waals surface area contributed by atoms with Gasteiger partial charge in [-0.2, -0.15) is 8.61 Å². The first-order valence-electron chi connectivity index (χ1n) is 12.2. The Morgan fingerprint density at radius 3 is 2.42 bits per heavy atom. The van der Waals surface area contributed by atoms with E-state index in [1.54, 1.807) is 15.9 Å². The molecule has 2 N–H and O–H groups in total. The number of carbonyl (C=O) groups is 2. The molecule has 3 aliphatic rings. The second-order valence-electron chi connectivity index (χ2n) is 9.65. The first kappa shape index (κ1) is 26.9. The summed E-state index contributed by atoms with van der Waals surface area (Å²) in [6.45, 7) is 1.63. The lowest BCUT2D eigenvalue weighted by atomic mass is 9.92. The van der Waals surface area contributed by atoms with Gasteiger partial charge in [-0.3, -0.25) is 9.59 Å². The van der Waals surface area contributed by atoms with Gasteiger partial charge >= 0.3 is 0 Å². The predicted molar refractivity (Wildman–Crippen MR) is 131 cm³/mol. The van der Waals surface area contributed by atoms with Gasteiger partial charge in [0.1, 0.15) is 0 Å². The zero-order valence-corrected chi connectivity index (χ0v) is 22.1. The first-order chi connectivity index (χ1) is 17.0. The van der Waals surface area contributed by atoms with Crippen LogP contribution in [0.4, 0.5) is 0 Å². The number of likely N-dealkylation sites (tertiary alicyclic amines) is 1. The number of aromatic nitrogens is 1. The van der Waals surface area contributed by atoms with Crippen molar-refractivity contribution < 1.29 is 26.4 Å². The van der Waals surface area contributed by atoms with Crippen molar-refractivity contribution in [1.82, 2.24) is 23.4 Å². The summed E-state index contributed by atoms with van der Waals surface area (Å²) in [7, 11) is -7.38. The van der Waals surface area contributed by atoms with E-state index in [2.05, 4.69) is 4.98 Å². The Labute approximate surface area is 212 Å². The lowest BCUT2D eigenvalue weighted by Crippen LogP contribution is -2.59. The summed E-state index contributed by atoms with van der Waals surface area (Å²) in [5, 5.41) is -0.135. The Morgan fingerprint density at radius 2 is 1.78 bits per heavy atom. The molecule has 4 rings (SSSR count). The average molecular weight is 543 g/mol. The molecule has 36 heavy (non-hydrogen) atoms. The standard InChI is InChI=1S/C22H34N6O6S2/c1-35(31,32)26-10-8-25(9-11-26)22(30)18-13-19(28-7-3-2-4-21(28)29)16-27(15-18)36(33,34)20-12-17(14-23)5-6-24-20/h5-6,12,18-19H,2-4,7-11,13-16,23H2,1H3. The summed E-state index contributed by atoms with van der Waals surface area (Å²) in [5.74, 6) is -0.904. The molecule has 2 unspecified atom stereocenters. The molecule has 3 fully saturated rings. The summed E-state index contributed by atoms with van der Waals surface area (Å²) < 4.78 is 53.5. The van der Waals surface area contributed by atoms with Gasteiger partial charge in [-0.05, 0) is 37.0 Å². The van der Waals surface area contributed by atoms with Crippen LogP contribution < -0.4 is 5.73 Å². The van der Waals surface area contributed by atoms with Crippen molar-refractivity contribution in [2.45, 2.75) is 43.3 Å². The number of nitrogens with two attached hydrogens (primary N) is 1. The van der Waals surface area contributed by atoms with Crippen LogP contribution in [-0.2, 0) is 36.2 Å². The van der Waals surface area contributed by atoms with Crippen LogP contribution in [0.2, 0.25) is 0 Å². The highest BCUT2D eigenvalue weighted by Gasteiger charge is 2.43. The lowest BCUT2D eigenvalue weighted by Gasteiger charge is -2.44. The molecule has 1 aromatic rings. The molecule has 0 radical (unpaired) electrons. The molecule has 0 saturated carbocycles. The van der Waals surface area contributed by atoms with E-state index in [0.29, 0.717) is 24.9 Å². The van der Waals surface area contributed by atoms with E-state index in [-0.39, 0.29) is 62.7 Å². The number of rotatable bonds is 6. The molecule has 12 nitrogen and oxygen atoms in total. The number of pyridine rings is 1. The van der Waals surface area contributed by atoms with E-state index >= 15 is 0 Å². The number of sulfonamides is 2. The van der Waals surface area contributed by atoms with Crippen LogP contribution in [0.1, 0.15) is 31.2 Å². The van der Waals surface area contributed by atoms with Crippen molar-refractivity contribution in [1.29, 1.82) is 0 Å². The van der Waals surface area contributed by atoms with Gasteiger partial charge in [-0.1, -0.05) is 0 Å². The number of amides is 2. The Morgan fingerprint density at radius 1 is 1.06 bits per heavy atom. The summed E-state index contributed by atoms with van der Waals surface area (Å²) in [5.41, 5.74) is 6.31. The van der Waals surface area contributed by atoms with Gasteiger partial charge in [-0.25, -0.2) is 21.8 Å². The van der Waals surface area contributed by atoms with Gasteiger partial charge < -0.3 is 15.5 Å². The van der Waals surface area contributed by atoms with E-state index in [0.717, 1.165) is 19.1 Å². The Hall–Kier alpha value is -2.13. The number of hydrogen-bond acceptors (Lipinski definition) is 8. The Kier molecular flexibility index (Phi) is 8.00. The SMILES string of the molecule is CS(=O)(=O)N1CCN(C(=O)C2CC(N3CCCCC3=O)CN(S(=O)(=O)c3cc(CN)ccn3)C2)CC1. The van der Waals surface area contributed by atoms with Crippen LogP contribution in [-0.4, -0.2) is 110 Å². The maximum Gasteiger partial charge on any atom is 0.260 e. The smallest absolute Gasteiger partial charge is 0.260 e. The molecule has 3 saturated heterocycles. The molecule has 1 aromatic heterocycles. The monoisotopic (exact) mass is 542 g/mol. The highest BCUT2D eigenvalue weighted by Crippen LogP contribution is 2.29. The minimum atomic E-state index is -4.04. The molecular weight excluding hydrogens is 508 g/mol. The molecule has 0 aromatic carbocycles. The molecule has 0 spiro atoms. The summed E-state index contributed by atoms with van der Waals surface area (Å²) >= 11 is 0. The van der Waals surface area contributed by atoms with Crippen molar-refractivity contribution in [3.05, 3.63) is 23.9 Å². The molecular formula is C22H34N6O6S2. The fourth-order valence-electron chi connectivity index (χ4n) is 5.20. The molecule has 2 amide bonds. The van der Waals surface area contributed by atoms with E-state index in [9.17, 15) is 26.4 Å². The van der Waals surface area contributed by atoms with Crippen LogP contribution in [0.5, 0.6) is 0 Å². The van der Waals surface area contributed by atoms with E-state index < -0.39 is 32.0 Å². The van der Waals surface area contributed by atoms with Crippen LogP contribution in [0.25, 0.3) is 0 Å². The average Bonchev–Trinajstić information content (AvgIpc) is 2.88. The Bertz CT molecular complexity index is 1200. The molecule has 0 aliphatic carbocycles. The third kappa shape index (κ3) is 5.72. The first-order valence-corrected chi connectivity index (χ1v) is 15.5. The molecule has 3 aliphatic heterocycles. The van der Waals surface area contributed by atoms with Crippen molar-refractivity contribution in [2.24, 2.45) is 11.7 Å². The van der Waals surface area contributed by atoms with Crippen LogP contribution in [0.3, 0.4) is 0 Å². The summed E-state index contributed by atoms with van der Waals surface area (Å²) in [4.78, 5) is 33.6. The molecule has 4 heterocycles. The zero-order chi connectivity index (χ0) is 26.1. The minimum absolute atomic E-state index is 0.0262. The fourth-order valence-corrected chi connectivity index (χ4v) is 7.53. The number of piperidine rings is 2. The third-order valence-electron chi connectivity index (χ3n) is 7.20. The maximum absolute atomic E-state index is 13.6. The predicted octanol–water partition coefficient (Wildman–Crippen LogP) is -0.964. The van der Waals surface area contributed by atoms with Gasteiger partial charge in [0.05, 0.1) is 12.2 Å². The van der Waals surface area contributed by atoms with Crippen molar-refractivity contribution in [3.8, 4) is 0 Å². The van der Waals surface area contributed by atoms with E-state index in [1.807, 2.05) is 0 Å². The van der Waals surface area contributed by atoms with E-state index in [4.69, 9.17) is 5.73 Å². The largest absolute Gasteiger partial charge is 0.340 e. The van der Waals surface area contributed by atoms with Crippen molar-refractivity contribution in [3.63, 3.8) is 0 Å². The second-order valence-corrected chi connectivity index (χ2v) is 13.5. The van der Waals surface area contributed by atoms with Crippen LogP contribution >= 0.6 is 0 Å². The number of nitrogens with zero attached hydrogens (tertiary/aromatic N) is 5. The minimum Gasteiger partial charge on any atom is -0.340 e. The van der Waals surface area contributed by atoms with Gasteiger partial charge in [0, 0.05) is 71.0 Å². The molecule has 2 atom stereocenters. The zero-order valence-electron chi connectivity index (χ0n) is 20.5.